The third-order valence-electron chi connectivity index (χ3n) is 14.4. The number of rotatable bonds is 19. The van der Waals surface area contributed by atoms with E-state index in [4.69, 9.17) is 9.47 Å². The highest BCUT2D eigenvalue weighted by atomic mass is 16.5. The number of ether oxygens (including phenoxy) is 2. The van der Waals surface area contributed by atoms with Crippen molar-refractivity contribution in [2.45, 2.75) is 109 Å². The molecule has 10 rings (SSSR count). The van der Waals surface area contributed by atoms with Crippen molar-refractivity contribution in [1.82, 2.24) is 0 Å². The van der Waals surface area contributed by atoms with Crippen LogP contribution in [0.15, 0.2) is 127 Å². The second-order valence-electron chi connectivity index (χ2n) is 18.9. The lowest BCUT2D eigenvalue weighted by atomic mass is 9.48. The highest BCUT2D eigenvalue weighted by Gasteiger charge is 2.51. The Morgan fingerprint density at radius 3 is 1.29 bits per heavy atom. The Morgan fingerprint density at radius 1 is 0.435 bits per heavy atom. The van der Waals surface area contributed by atoms with Crippen molar-refractivity contribution in [1.29, 1.82) is 0 Å². The van der Waals surface area contributed by atoms with Crippen LogP contribution >= 0.6 is 0 Å². The first-order valence-corrected chi connectivity index (χ1v) is 24.2. The topological polar surface area (TPSA) is 18.5 Å². The maximum absolute atomic E-state index is 6.75. The predicted octanol–water partition coefficient (Wildman–Crippen LogP) is 16.9. The molecular weight excluding hydrogens is 753 g/mol. The van der Waals surface area contributed by atoms with Crippen molar-refractivity contribution >= 4 is 35.1 Å². The zero-order valence-electron chi connectivity index (χ0n) is 37.3. The number of hydrogen-bond acceptors (Lipinski definition) is 2. The average molecular weight is 819 g/mol. The van der Waals surface area contributed by atoms with E-state index in [1.807, 2.05) is 0 Å². The van der Waals surface area contributed by atoms with Gasteiger partial charge in [-0.25, -0.2) is 0 Å². The normalized spacial score (nSPS) is 20.5. The molecule has 6 aromatic rings. The fourth-order valence-electron chi connectivity index (χ4n) is 11.4. The minimum atomic E-state index is 0.446. The van der Waals surface area contributed by atoms with Gasteiger partial charge in [0.25, 0.3) is 0 Å². The van der Waals surface area contributed by atoms with Crippen molar-refractivity contribution in [3.8, 4) is 33.8 Å². The van der Waals surface area contributed by atoms with Crippen molar-refractivity contribution in [2.24, 2.45) is 17.8 Å². The number of unbranched alkanes of at least 4 members (excludes halogenated alkanes) is 6. The molecule has 0 radical (unpaired) electrons. The van der Waals surface area contributed by atoms with Crippen LogP contribution in [0, 0.1) is 17.8 Å². The zero-order chi connectivity index (χ0) is 42.1. The lowest BCUT2D eigenvalue weighted by molar-refractivity contribution is -0.00518. The molecule has 0 aliphatic heterocycles. The van der Waals surface area contributed by atoms with E-state index in [1.165, 1.54) is 105 Å². The molecule has 4 aliphatic carbocycles. The minimum Gasteiger partial charge on any atom is -0.492 e. The van der Waals surface area contributed by atoms with E-state index in [-0.39, 0.29) is 0 Å². The van der Waals surface area contributed by atoms with Gasteiger partial charge in [0.15, 0.2) is 0 Å². The number of benzene rings is 6. The standard InChI is InChI=1S/C60H66O2/c1-3-5-7-12-36-61-58-53(26-20-44-16-22-50(23-17-44)49-14-10-9-11-15-49)30-34-57-56(58)35-31-54(59(57)62-37-13-8-6-4-2)27-21-45-18-24-51(25-19-45)52-28-32-55(33-29-52)60-41-46-38-47(42-60)40-48(39-46)43-60/h9-11,14-35,46-48H,3-8,12-13,36-43H2,1-2H3/b26-20+,27-21+. The molecule has 0 aromatic heterocycles. The molecule has 0 unspecified atom stereocenters. The molecule has 0 N–H and O–H groups in total. The molecule has 2 nitrogen and oxygen atoms in total. The second kappa shape index (κ2) is 19.8. The molecule has 4 bridgehead atoms. The van der Waals surface area contributed by atoms with E-state index in [0.29, 0.717) is 18.6 Å². The van der Waals surface area contributed by atoms with Crippen LogP contribution in [0.4, 0.5) is 0 Å². The molecule has 0 spiro atoms. The summed E-state index contributed by atoms with van der Waals surface area (Å²) in [7, 11) is 0. The Hall–Kier alpha value is -5.34. The Labute approximate surface area is 372 Å². The third-order valence-corrected chi connectivity index (χ3v) is 14.4. The van der Waals surface area contributed by atoms with Crippen LogP contribution in [0.3, 0.4) is 0 Å². The fourth-order valence-corrected chi connectivity index (χ4v) is 11.4. The number of hydrogen-bond donors (Lipinski definition) is 0. The monoisotopic (exact) mass is 819 g/mol. The van der Waals surface area contributed by atoms with Gasteiger partial charge >= 0.3 is 0 Å². The number of fused-ring (bicyclic) bond motifs is 1. The van der Waals surface area contributed by atoms with Crippen LogP contribution in [0.25, 0.3) is 57.3 Å². The third kappa shape index (κ3) is 9.66. The summed E-state index contributed by atoms with van der Waals surface area (Å²) < 4.78 is 13.5. The molecule has 0 saturated heterocycles. The van der Waals surface area contributed by atoms with Gasteiger partial charge in [0, 0.05) is 21.9 Å². The van der Waals surface area contributed by atoms with Crippen LogP contribution in [-0.4, -0.2) is 13.2 Å². The van der Waals surface area contributed by atoms with Crippen LogP contribution < -0.4 is 9.47 Å². The smallest absolute Gasteiger partial charge is 0.134 e. The summed E-state index contributed by atoms with van der Waals surface area (Å²) in [5.74, 6) is 4.78. The summed E-state index contributed by atoms with van der Waals surface area (Å²) in [6.45, 7) is 5.91. The molecule has 318 valence electrons. The average Bonchev–Trinajstić information content (AvgIpc) is 3.30. The molecule has 2 heteroatoms. The zero-order valence-corrected chi connectivity index (χ0v) is 37.3. The first-order valence-electron chi connectivity index (χ1n) is 24.2. The van der Waals surface area contributed by atoms with E-state index in [0.717, 1.165) is 69.6 Å². The van der Waals surface area contributed by atoms with Crippen molar-refractivity contribution < 1.29 is 9.47 Å². The molecule has 0 atom stereocenters. The van der Waals surface area contributed by atoms with Crippen LogP contribution in [-0.2, 0) is 5.41 Å². The van der Waals surface area contributed by atoms with Crippen LogP contribution in [0.5, 0.6) is 11.5 Å². The largest absolute Gasteiger partial charge is 0.492 e. The fraction of sp³-hybridized carbons (Fsp3) is 0.367. The first kappa shape index (κ1) is 42.0. The van der Waals surface area contributed by atoms with E-state index < -0.39 is 0 Å². The summed E-state index contributed by atoms with van der Waals surface area (Å²) >= 11 is 0. The Balaban J connectivity index is 0.963. The van der Waals surface area contributed by atoms with Gasteiger partial charge in [0.05, 0.1) is 13.2 Å². The Kier molecular flexibility index (Phi) is 13.4. The molecular formula is C60H66O2. The Morgan fingerprint density at radius 2 is 0.855 bits per heavy atom. The van der Waals surface area contributed by atoms with Crippen molar-refractivity contribution in [2.75, 3.05) is 13.2 Å². The Bertz CT molecular complexity index is 2400. The lowest BCUT2D eigenvalue weighted by Crippen LogP contribution is -2.48. The van der Waals surface area contributed by atoms with Crippen LogP contribution in [0.2, 0.25) is 0 Å². The summed E-state index contributed by atoms with van der Waals surface area (Å²) in [5.41, 5.74) is 11.6. The summed E-state index contributed by atoms with van der Waals surface area (Å²) in [6, 6.07) is 47.0. The van der Waals surface area contributed by atoms with Gasteiger partial charge in [-0.15, -0.1) is 0 Å². The van der Waals surface area contributed by atoms with Gasteiger partial charge in [-0.3, -0.25) is 0 Å². The molecule has 0 heterocycles. The molecule has 62 heavy (non-hydrogen) atoms. The second-order valence-corrected chi connectivity index (χ2v) is 18.9. The van der Waals surface area contributed by atoms with E-state index in [2.05, 4.69) is 166 Å². The van der Waals surface area contributed by atoms with Gasteiger partial charge in [-0.2, -0.15) is 0 Å². The van der Waals surface area contributed by atoms with Crippen LogP contribution in [0.1, 0.15) is 132 Å². The molecule has 4 saturated carbocycles. The quantitative estimate of drug-likeness (QED) is 0.0599. The van der Waals surface area contributed by atoms with Crippen molar-refractivity contribution in [3.63, 3.8) is 0 Å². The van der Waals surface area contributed by atoms with Gasteiger partial charge in [-0.05, 0) is 126 Å². The summed E-state index contributed by atoms with van der Waals surface area (Å²) in [5, 5.41) is 2.20. The predicted molar refractivity (Wildman–Crippen MR) is 265 cm³/mol. The van der Waals surface area contributed by atoms with Gasteiger partial charge in [-0.1, -0.05) is 192 Å². The highest BCUT2D eigenvalue weighted by Crippen LogP contribution is 2.60. The maximum atomic E-state index is 6.75. The molecule has 4 aliphatic rings. The molecule has 4 fully saturated rings. The lowest BCUT2D eigenvalue weighted by Gasteiger charge is -2.57. The minimum absolute atomic E-state index is 0.446. The summed E-state index contributed by atoms with van der Waals surface area (Å²) in [4.78, 5) is 0. The summed E-state index contributed by atoms with van der Waals surface area (Å²) in [6.07, 6.45) is 26.9. The van der Waals surface area contributed by atoms with Gasteiger partial charge < -0.3 is 9.47 Å². The van der Waals surface area contributed by atoms with Crippen molar-refractivity contribution in [3.05, 3.63) is 155 Å². The highest BCUT2D eigenvalue weighted by molar-refractivity contribution is 5.99. The van der Waals surface area contributed by atoms with E-state index >= 15 is 0 Å². The SMILES string of the molecule is CCCCCCOc1c(/C=C/c2ccc(-c3ccccc3)cc2)ccc2c(OCCCCCC)c(/C=C/c3ccc(-c4ccc(C56CC7CC(CC(C7)C5)C6)cc4)cc3)ccc12. The van der Waals surface area contributed by atoms with Gasteiger partial charge in [0.2, 0.25) is 0 Å². The maximum Gasteiger partial charge on any atom is 0.134 e. The van der Waals surface area contributed by atoms with E-state index in [1.54, 1.807) is 5.56 Å². The molecule has 6 aromatic carbocycles. The first-order chi connectivity index (χ1) is 30.6. The molecule has 0 amide bonds. The van der Waals surface area contributed by atoms with E-state index in [9.17, 15) is 0 Å². The van der Waals surface area contributed by atoms with Gasteiger partial charge in [0.1, 0.15) is 11.5 Å².